The number of nitrogens with two attached hydrogens (primary N) is 1. The Morgan fingerprint density at radius 3 is 2.21 bits per heavy atom. The van der Waals surface area contributed by atoms with Crippen molar-refractivity contribution in [1.82, 2.24) is 4.90 Å². The molecule has 2 heterocycles. The first-order valence-corrected chi connectivity index (χ1v) is 11.0. The van der Waals surface area contributed by atoms with Crippen molar-refractivity contribution in [3.05, 3.63) is 35.1 Å². The first-order valence-electron chi connectivity index (χ1n) is 9.51. The number of benzene rings is 1. The lowest BCUT2D eigenvalue weighted by molar-refractivity contribution is -0.138. The van der Waals surface area contributed by atoms with Gasteiger partial charge < -0.3 is 10.6 Å². The van der Waals surface area contributed by atoms with Gasteiger partial charge in [-0.2, -0.15) is 8.42 Å². The van der Waals surface area contributed by atoms with Gasteiger partial charge in [-0.3, -0.25) is 9.35 Å². The fourth-order valence-corrected chi connectivity index (χ4v) is 4.79. The number of piperidine rings is 1. The van der Waals surface area contributed by atoms with Gasteiger partial charge in [0.15, 0.2) is 16.4 Å². The molecule has 6 nitrogen and oxygen atoms in total. The fourth-order valence-electron chi connectivity index (χ4n) is 4.46. The number of halogens is 3. The quantitative estimate of drug-likeness (QED) is 0.548. The van der Waals surface area contributed by atoms with Gasteiger partial charge >= 0.3 is 0 Å². The van der Waals surface area contributed by atoms with Crippen molar-refractivity contribution in [3.8, 4) is 0 Å². The van der Waals surface area contributed by atoms with E-state index in [1.165, 1.54) is 18.7 Å². The Hall–Kier alpha value is -1.65. The van der Waals surface area contributed by atoms with Crippen molar-refractivity contribution >= 4 is 16.0 Å². The molecule has 2 fully saturated rings. The maximum atomic E-state index is 13.9. The highest BCUT2D eigenvalue weighted by Gasteiger charge is 2.51. The van der Waals surface area contributed by atoms with Crippen molar-refractivity contribution < 1.29 is 30.9 Å². The molecule has 1 aromatic carbocycles. The average Bonchev–Trinajstić information content (AvgIpc) is 2.86. The Labute approximate surface area is 168 Å². The van der Waals surface area contributed by atoms with Gasteiger partial charge in [-0.05, 0) is 63.5 Å². The van der Waals surface area contributed by atoms with E-state index in [-0.39, 0.29) is 30.0 Å². The zero-order valence-electron chi connectivity index (χ0n) is 16.2. The Balaban J connectivity index is 1.73. The van der Waals surface area contributed by atoms with Crippen molar-refractivity contribution in [2.45, 2.75) is 68.8 Å². The second-order valence-electron chi connectivity index (χ2n) is 8.54. The summed E-state index contributed by atoms with van der Waals surface area (Å²) in [5, 5.41) is 0. The average molecular weight is 434 g/mol. The SMILES string of the molecule is CC(C)(C(=O)N1[C@@H]2CC[C@H]1CC([C@H](N)Cc1cc(F)c(F)cc1F)C2)S(=O)(=O)O. The van der Waals surface area contributed by atoms with Gasteiger partial charge in [0, 0.05) is 24.2 Å². The summed E-state index contributed by atoms with van der Waals surface area (Å²) in [6, 6.07) is 0.331. The molecule has 0 saturated carbocycles. The number of rotatable bonds is 5. The highest BCUT2D eigenvalue weighted by atomic mass is 32.2. The van der Waals surface area contributed by atoms with Crippen LogP contribution in [0.5, 0.6) is 0 Å². The molecule has 0 aliphatic carbocycles. The Kier molecular flexibility index (Phi) is 5.74. The van der Waals surface area contributed by atoms with Crippen LogP contribution in [0.25, 0.3) is 0 Å². The largest absolute Gasteiger partial charge is 0.335 e. The van der Waals surface area contributed by atoms with Crippen molar-refractivity contribution in [2.75, 3.05) is 0 Å². The number of nitrogens with zero attached hydrogens (tertiary/aromatic N) is 1. The Morgan fingerprint density at radius 1 is 1.17 bits per heavy atom. The van der Waals surface area contributed by atoms with Crippen LogP contribution in [0, 0.1) is 23.4 Å². The zero-order valence-corrected chi connectivity index (χ0v) is 17.1. The van der Waals surface area contributed by atoms with Crippen LogP contribution in [-0.4, -0.2) is 46.7 Å². The van der Waals surface area contributed by atoms with E-state index in [9.17, 15) is 30.9 Å². The molecule has 1 aromatic rings. The van der Waals surface area contributed by atoms with Gasteiger partial charge in [0.05, 0.1) is 0 Å². The highest BCUT2D eigenvalue weighted by molar-refractivity contribution is 7.88. The summed E-state index contributed by atoms with van der Waals surface area (Å²) in [6.45, 7) is 2.35. The maximum Gasteiger partial charge on any atom is 0.279 e. The first-order chi connectivity index (χ1) is 13.3. The predicted molar refractivity (Wildman–Crippen MR) is 100 cm³/mol. The van der Waals surface area contributed by atoms with Gasteiger partial charge in [-0.15, -0.1) is 0 Å². The van der Waals surface area contributed by atoms with E-state index in [2.05, 4.69) is 0 Å². The molecule has 2 aliphatic heterocycles. The molecule has 4 atom stereocenters. The number of amides is 1. The number of hydrogen-bond donors (Lipinski definition) is 2. The third kappa shape index (κ3) is 4.02. The van der Waals surface area contributed by atoms with Gasteiger partial charge in [-0.1, -0.05) is 0 Å². The van der Waals surface area contributed by atoms with E-state index in [4.69, 9.17) is 5.73 Å². The summed E-state index contributed by atoms with van der Waals surface area (Å²) >= 11 is 0. The molecule has 2 aliphatic rings. The maximum absolute atomic E-state index is 13.9. The van der Waals surface area contributed by atoms with Crippen molar-refractivity contribution in [2.24, 2.45) is 11.7 Å². The van der Waals surface area contributed by atoms with E-state index >= 15 is 0 Å². The number of fused-ring (bicyclic) bond motifs is 2. The van der Waals surface area contributed by atoms with Crippen LogP contribution in [0.2, 0.25) is 0 Å². The lowest BCUT2D eigenvalue weighted by atomic mass is 9.82. The first kappa shape index (κ1) is 22.0. The number of carbonyl (C=O) groups excluding carboxylic acids is 1. The minimum Gasteiger partial charge on any atom is -0.335 e. The lowest BCUT2D eigenvalue weighted by Crippen LogP contribution is -2.57. The van der Waals surface area contributed by atoms with Gasteiger partial charge in [0.2, 0.25) is 5.91 Å². The van der Waals surface area contributed by atoms with Gasteiger partial charge in [0.1, 0.15) is 5.82 Å². The second kappa shape index (κ2) is 7.55. The second-order valence-corrected chi connectivity index (χ2v) is 10.5. The molecule has 1 unspecified atom stereocenters. The Morgan fingerprint density at radius 2 is 1.69 bits per heavy atom. The van der Waals surface area contributed by atoms with Gasteiger partial charge in [0.25, 0.3) is 10.1 Å². The fraction of sp³-hybridized carbons (Fsp3) is 0.632. The van der Waals surface area contributed by atoms with E-state index in [0.717, 1.165) is 6.07 Å². The number of carbonyl (C=O) groups is 1. The van der Waals surface area contributed by atoms with Crippen LogP contribution < -0.4 is 5.73 Å². The van der Waals surface area contributed by atoms with E-state index in [1.807, 2.05) is 0 Å². The summed E-state index contributed by atoms with van der Waals surface area (Å²) in [5.74, 6) is -3.98. The minimum atomic E-state index is -4.58. The normalized spacial score (nSPS) is 25.9. The van der Waals surface area contributed by atoms with Crippen LogP contribution in [0.3, 0.4) is 0 Å². The molecule has 0 aromatic heterocycles. The van der Waals surface area contributed by atoms with Crippen molar-refractivity contribution in [1.29, 1.82) is 0 Å². The smallest absolute Gasteiger partial charge is 0.279 e. The molecular weight excluding hydrogens is 409 g/mol. The van der Waals surface area contributed by atoms with E-state index in [0.29, 0.717) is 31.7 Å². The van der Waals surface area contributed by atoms with Crippen LogP contribution in [0.1, 0.15) is 45.1 Å². The molecule has 3 rings (SSSR count). The van der Waals surface area contributed by atoms with Crippen LogP contribution in [0.15, 0.2) is 12.1 Å². The molecule has 10 heteroatoms. The molecule has 0 spiro atoms. The molecule has 2 saturated heterocycles. The van der Waals surface area contributed by atoms with Crippen molar-refractivity contribution in [3.63, 3.8) is 0 Å². The molecule has 2 bridgehead atoms. The van der Waals surface area contributed by atoms with Crippen LogP contribution >= 0.6 is 0 Å². The standard InChI is InChI=1S/C19H25F3N2O4S/c1-19(2,29(26,27)28)18(25)24-12-3-4-13(24)6-11(5-12)17(23)8-10-7-15(21)16(22)9-14(10)20/h7,9,11-13,17H,3-6,8,23H2,1-2H3,(H,26,27,28)/t11?,12-,13+,17-/m1/s1. The molecule has 3 N–H and O–H groups in total. The highest BCUT2D eigenvalue weighted by Crippen LogP contribution is 2.42. The third-order valence-electron chi connectivity index (χ3n) is 6.31. The van der Waals surface area contributed by atoms with E-state index < -0.39 is 44.3 Å². The summed E-state index contributed by atoms with van der Waals surface area (Å²) in [7, 11) is -4.58. The summed E-state index contributed by atoms with van der Waals surface area (Å²) in [5.41, 5.74) is 6.24. The Bertz CT molecular complexity index is 908. The topological polar surface area (TPSA) is 101 Å². The monoisotopic (exact) mass is 434 g/mol. The zero-order chi connectivity index (χ0) is 21.7. The molecule has 29 heavy (non-hydrogen) atoms. The predicted octanol–water partition coefficient (Wildman–Crippen LogP) is 2.41. The van der Waals surface area contributed by atoms with Crippen LogP contribution in [-0.2, 0) is 21.3 Å². The summed E-state index contributed by atoms with van der Waals surface area (Å²) < 4.78 is 71.2. The molecule has 0 radical (unpaired) electrons. The lowest BCUT2D eigenvalue weighted by Gasteiger charge is -2.43. The molecule has 1 amide bonds. The third-order valence-corrected chi connectivity index (χ3v) is 7.78. The van der Waals surface area contributed by atoms with Gasteiger partial charge in [-0.25, -0.2) is 13.2 Å². The van der Waals surface area contributed by atoms with E-state index in [1.54, 1.807) is 0 Å². The molecule has 162 valence electrons. The summed E-state index contributed by atoms with van der Waals surface area (Å²) in [4.78, 5) is 14.4. The van der Waals surface area contributed by atoms with Crippen LogP contribution in [0.4, 0.5) is 13.2 Å². The number of hydrogen-bond acceptors (Lipinski definition) is 4. The summed E-state index contributed by atoms with van der Waals surface area (Å²) in [6.07, 6.45) is 2.38. The minimum absolute atomic E-state index is 0.00485. The molecular formula is C19H25F3N2O4S.